The van der Waals surface area contributed by atoms with Gasteiger partial charge < -0.3 is 4.74 Å². The van der Waals surface area contributed by atoms with E-state index in [9.17, 15) is 35.1 Å². The Morgan fingerprint density at radius 2 is 1.26 bits per heavy atom. The molecule has 2 saturated carbocycles. The average molecular weight is 563 g/mol. The Hall–Kier alpha value is -2.32. The second kappa shape index (κ2) is 12.5. The Bertz CT molecular complexity index is 1040. The highest BCUT2D eigenvalue weighted by molar-refractivity contribution is 5.33. The fourth-order valence-corrected chi connectivity index (χ4v) is 6.42. The van der Waals surface area contributed by atoms with Crippen LogP contribution in [0.4, 0.5) is 35.1 Å². The van der Waals surface area contributed by atoms with Crippen LogP contribution in [0.5, 0.6) is 5.75 Å². The van der Waals surface area contributed by atoms with E-state index in [1.165, 1.54) is 0 Å². The molecule has 0 unspecified atom stereocenters. The topological polar surface area (TPSA) is 9.23 Å². The predicted octanol–water partition coefficient (Wildman–Crippen LogP) is 10.3. The fraction of sp³-hybridized carbons (Fsp3) is 0.600. The van der Waals surface area contributed by atoms with Crippen molar-refractivity contribution in [1.82, 2.24) is 0 Å². The summed E-state index contributed by atoms with van der Waals surface area (Å²) in [5.74, 6) is -1.84. The molecule has 0 spiro atoms. The van der Waals surface area contributed by atoms with Crippen LogP contribution in [0.25, 0.3) is 0 Å². The van der Waals surface area contributed by atoms with Crippen molar-refractivity contribution >= 4 is 0 Å². The summed E-state index contributed by atoms with van der Waals surface area (Å²) < 4.78 is 114. The highest BCUT2D eigenvalue weighted by Crippen LogP contribution is 2.45. The molecule has 0 amide bonds. The number of unbranched alkanes of at least 4 members (excludes halogenated alkanes) is 1. The Balaban J connectivity index is 1.34. The number of alkyl halides is 6. The van der Waals surface area contributed by atoms with E-state index < -0.39 is 40.8 Å². The van der Waals surface area contributed by atoms with Gasteiger partial charge in [0, 0.05) is 0 Å². The van der Waals surface area contributed by atoms with Crippen molar-refractivity contribution in [3.8, 4) is 5.75 Å². The smallest absolute Gasteiger partial charge is 0.429 e. The van der Waals surface area contributed by atoms with Crippen molar-refractivity contribution in [3.05, 3.63) is 64.7 Å². The Morgan fingerprint density at radius 3 is 1.77 bits per heavy atom. The van der Waals surface area contributed by atoms with Crippen molar-refractivity contribution in [2.24, 2.45) is 17.8 Å². The lowest BCUT2D eigenvalue weighted by atomic mass is 9.68. The second-order valence-corrected chi connectivity index (χ2v) is 11.1. The van der Waals surface area contributed by atoms with Gasteiger partial charge in [-0.15, -0.1) is 0 Å². The fourth-order valence-electron chi connectivity index (χ4n) is 6.42. The van der Waals surface area contributed by atoms with Crippen molar-refractivity contribution in [1.29, 1.82) is 0 Å². The summed E-state index contributed by atoms with van der Waals surface area (Å²) >= 11 is 0. The van der Waals surface area contributed by atoms with Crippen LogP contribution < -0.4 is 4.74 Å². The standard InChI is InChI=1S/C30H34F8O/c31-16-2-1-3-19-4-6-20(7-5-19)21-8-10-22(11-9-21)23-17-26(32)28(27(33)18-23)30(37,38)39-25-14-12-24(13-15-25)29(34,35)36/h12-15,17-22H,1-11,16H2. The average Bonchev–Trinajstić information content (AvgIpc) is 2.88. The summed E-state index contributed by atoms with van der Waals surface area (Å²) in [5.41, 5.74) is -2.30. The second-order valence-electron chi connectivity index (χ2n) is 11.1. The van der Waals surface area contributed by atoms with E-state index in [2.05, 4.69) is 4.74 Å². The van der Waals surface area contributed by atoms with Crippen LogP contribution in [-0.4, -0.2) is 6.67 Å². The molecule has 4 rings (SSSR count). The molecule has 2 aromatic rings. The maximum Gasteiger partial charge on any atom is 0.432 e. The molecule has 216 valence electrons. The maximum atomic E-state index is 14.8. The number of halogens is 8. The Morgan fingerprint density at radius 1 is 0.718 bits per heavy atom. The van der Waals surface area contributed by atoms with Gasteiger partial charge in [0.15, 0.2) is 0 Å². The van der Waals surface area contributed by atoms with Crippen LogP contribution in [0.15, 0.2) is 36.4 Å². The zero-order valence-corrected chi connectivity index (χ0v) is 21.7. The van der Waals surface area contributed by atoms with E-state index in [1.807, 2.05) is 0 Å². The molecule has 0 N–H and O–H groups in total. The summed E-state index contributed by atoms with van der Waals surface area (Å²) in [5, 5.41) is 0. The molecule has 2 fully saturated rings. The SMILES string of the molecule is FCCCCC1CCC(C2CCC(c3cc(F)c(C(F)(F)Oc4ccc(C(F)(F)F)cc4)c(F)c3)CC2)CC1. The lowest BCUT2D eigenvalue weighted by Gasteiger charge is -2.38. The van der Waals surface area contributed by atoms with Gasteiger partial charge in [-0.1, -0.05) is 25.7 Å². The van der Waals surface area contributed by atoms with E-state index in [0.717, 1.165) is 76.3 Å². The quantitative estimate of drug-likeness (QED) is 0.218. The zero-order chi connectivity index (χ0) is 28.2. The maximum absolute atomic E-state index is 14.8. The molecule has 0 heterocycles. The van der Waals surface area contributed by atoms with E-state index in [0.29, 0.717) is 54.0 Å². The van der Waals surface area contributed by atoms with Crippen LogP contribution in [0.1, 0.15) is 93.2 Å². The first-order valence-electron chi connectivity index (χ1n) is 13.8. The van der Waals surface area contributed by atoms with Crippen LogP contribution in [0, 0.1) is 29.4 Å². The Labute approximate surface area is 223 Å². The Kier molecular flexibility index (Phi) is 9.48. The first kappa shape index (κ1) is 29.7. The molecule has 2 aliphatic rings. The van der Waals surface area contributed by atoms with Crippen molar-refractivity contribution in [2.45, 2.75) is 88.8 Å². The van der Waals surface area contributed by atoms with Gasteiger partial charge in [0.25, 0.3) is 0 Å². The van der Waals surface area contributed by atoms with Gasteiger partial charge in [-0.25, -0.2) is 8.78 Å². The van der Waals surface area contributed by atoms with Gasteiger partial charge in [0.1, 0.15) is 22.9 Å². The summed E-state index contributed by atoms with van der Waals surface area (Å²) in [6.07, 6.45) is 1.49. The third-order valence-electron chi connectivity index (χ3n) is 8.58. The highest BCUT2D eigenvalue weighted by atomic mass is 19.4. The van der Waals surface area contributed by atoms with Gasteiger partial charge in [-0.3, -0.25) is 4.39 Å². The van der Waals surface area contributed by atoms with Crippen molar-refractivity contribution < 1.29 is 39.9 Å². The first-order valence-corrected chi connectivity index (χ1v) is 13.8. The van der Waals surface area contributed by atoms with Crippen LogP contribution in [0.3, 0.4) is 0 Å². The van der Waals surface area contributed by atoms with E-state index >= 15 is 0 Å². The lowest BCUT2D eigenvalue weighted by Crippen LogP contribution is -2.27. The normalized spacial score (nSPS) is 24.5. The number of hydrogen-bond donors (Lipinski definition) is 0. The molecular weight excluding hydrogens is 528 g/mol. The van der Waals surface area contributed by atoms with Gasteiger partial charge in [0.05, 0.1) is 12.2 Å². The molecule has 0 bridgehead atoms. The van der Waals surface area contributed by atoms with Gasteiger partial charge in [-0.2, -0.15) is 22.0 Å². The van der Waals surface area contributed by atoms with E-state index in [-0.39, 0.29) is 12.6 Å². The molecule has 1 nitrogen and oxygen atoms in total. The molecule has 0 atom stereocenters. The molecule has 0 radical (unpaired) electrons. The summed E-state index contributed by atoms with van der Waals surface area (Å²) in [4.78, 5) is 0. The largest absolute Gasteiger partial charge is 0.432 e. The third kappa shape index (κ3) is 7.46. The van der Waals surface area contributed by atoms with Crippen LogP contribution in [0.2, 0.25) is 0 Å². The number of benzene rings is 2. The van der Waals surface area contributed by atoms with Gasteiger partial charge in [0.2, 0.25) is 0 Å². The molecule has 0 aliphatic heterocycles. The molecule has 0 aromatic heterocycles. The molecule has 2 aromatic carbocycles. The summed E-state index contributed by atoms with van der Waals surface area (Å²) in [7, 11) is 0. The number of ether oxygens (including phenoxy) is 1. The van der Waals surface area contributed by atoms with Gasteiger partial charge >= 0.3 is 12.3 Å². The highest BCUT2D eigenvalue weighted by Gasteiger charge is 2.42. The predicted molar refractivity (Wildman–Crippen MR) is 132 cm³/mol. The minimum Gasteiger partial charge on any atom is -0.429 e. The lowest BCUT2D eigenvalue weighted by molar-refractivity contribution is -0.189. The molecule has 9 heteroatoms. The first-order chi connectivity index (χ1) is 18.5. The summed E-state index contributed by atoms with van der Waals surface area (Å²) in [6.45, 7) is -0.256. The number of hydrogen-bond acceptors (Lipinski definition) is 1. The zero-order valence-electron chi connectivity index (χ0n) is 21.7. The minimum atomic E-state index is -4.66. The van der Waals surface area contributed by atoms with E-state index in [1.54, 1.807) is 0 Å². The van der Waals surface area contributed by atoms with E-state index in [4.69, 9.17) is 0 Å². The summed E-state index contributed by atoms with van der Waals surface area (Å²) in [6, 6.07) is 4.32. The molecule has 39 heavy (non-hydrogen) atoms. The third-order valence-corrected chi connectivity index (χ3v) is 8.58. The van der Waals surface area contributed by atoms with Crippen LogP contribution >= 0.6 is 0 Å². The molecule has 0 saturated heterocycles. The minimum absolute atomic E-state index is 0.138. The van der Waals surface area contributed by atoms with Crippen molar-refractivity contribution in [3.63, 3.8) is 0 Å². The van der Waals surface area contributed by atoms with Gasteiger partial charge in [-0.05, 0) is 111 Å². The number of rotatable bonds is 9. The monoisotopic (exact) mass is 562 g/mol. The molecule has 2 aliphatic carbocycles. The van der Waals surface area contributed by atoms with Crippen molar-refractivity contribution in [2.75, 3.05) is 6.67 Å². The molecular formula is C30H34F8O. The van der Waals surface area contributed by atoms with Crippen LogP contribution in [-0.2, 0) is 12.3 Å².